The van der Waals surface area contributed by atoms with E-state index in [1.165, 1.54) is 31.3 Å². The number of rotatable bonds is 3. The Hall–Kier alpha value is -2.70. The smallest absolute Gasteiger partial charge is 0.296 e. The number of likely N-dealkylation sites (N-methyl/N-ethyl adjacent to an activating group) is 1. The summed E-state index contributed by atoms with van der Waals surface area (Å²) in [6.07, 6.45) is 1.07. The molecule has 1 aromatic carbocycles. The Kier molecular flexibility index (Phi) is 2.80. The Bertz CT molecular complexity index is 561. The third-order valence-electron chi connectivity index (χ3n) is 2.38. The van der Waals surface area contributed by atoms with E-state index in [-0.39, 0.29) is 17.2 Å². The molecular weight excluding hydrogens is 240 g/mol. The van der Waals surface area contributed by atoms with Crippen LogP contribution in [-0.2, 0) is 9.59 Å². The second kappa shape index (κ2) is 4.28. The zero-order valence-corrected chi connectivity index (χ0v) is 9.32. The van der Waals surface area contributed by atoms with Gasteiger partial charge in [0.05, 0.1) is 11.0 Å². The van der Waals surface area contributed by atoms with Crippen LogP contribution in [0.15, 0.2) is 36.1 Å². The minimum absolute atomic E-state index is 0.0812. The van der Waals surface area contributed by atoms with Gasteiger partial charge < -0.3 is 4.74 Å². The predicted molar refractivity (Wildman–Crippen MR) is 59.6 cm³/mol. The van der Waals surface area contributed by atoms with E-state index >= 15 is 0 Å². The molecule has 0 saturated heterocycles. The number of hydrogen-bond acceptors (Lipinski definition) is 5. The molecule has 1 aromatic rings. The number of nitrogens with zero attached hydrogens (tertiary/aromatic N) is 2. The number of nitro groups is 1. The van der Waals surface area contributed by atoms with Crippen LogP contribution in [0.4, 0.5) is 5.69 Å². The van der Waals surface area contributed by atoms with E-state index in [1.54, 1.807) is 0 Å². The summed E-state index contributed by atoms with van der Waals surface area (Å²) in [5.74, 6) is -0.852. The summed E-state index contributed by atoms with van der Waals surface area (Å²) in [6.45, 7) is 0. The van der Waals surface area contributed by atoms with Crippen molar-refractivity contribution in [1.29, 1.82) is 0 Å². The highest BCUT2D eigenvalue weighted by Crippen LogP contribution is 2.21. The average Bonchev–Trinajstić information content (AvgIpc) is 2.58. The quantitative estimate of drug-likeness (QED) is 0.449. The largest absolute Gasteiger partial charge is 0.451 e. The van der Waals surface area contributed by atoms with Gasteiger partial charge in [0.2, 0.25) is 0 Å². The minimum Gasteiger partial charge on any atom is -0.451 e. The Labute approximate surface area is 101 Å². The molecule has 18 heavy (non-hydrogen) atoms. The van der Waals surface area contributed by atoms with Gasteiger partial charge in [-0.1, -0.05) is 0 Å². The average molecular weight is 248 g/mol. The normalized spacial score (nSPS) is 14.7. The number of imide groups is 1. The Balaban J connectivity index is 2.16. The van der Waals surface area contributed by atoms with Crippen molar-refractivity contribution in [2.75, 3.05) is 7.05 Å². The molecule has 0 atom stereocenters. The van der Waals surface area contributed by atoms with Crippen LogP contribution in [0.3, 0.4) is 0 Å². The molecule has 0 bridgehead atoms. The summed E-state index contributed by atoms with van der Waals surface area (Å²) in [7, 11) is 1.34. The van der Waals surface area contributed by atoms with Crippen LogP contribution in [0.2, 0.25) is 0 Å². The van der Waals surface area contributed by atoms with Gasteiger partial charge in [-0.2, -0.15) is 0 Å². The third kappa shape index (κ3) is 2.05. The molecule has 1 heterocycles. The molecule has 0 unspecified atom stereocenters. The summed E-state index contributed by atoms with van der Waals surface area (Å²) >= 11 is 0. The number of nitro benzene ring substituents is 1. The molecule has 0 aromatic heterocycles. The van der Waals surface area contributed by atoms with Gasteiger partial charge >= 0.3 is 0 Å². The lowest BCUT2D eigenvalue weighted by Crippen LogP contribution is -2.27. The van der Waals surface area contributed by atoms with E-state index in [2.05, 4.69) is 0 Å². The molecule has 7 nitrogen and oxygen atoms in total. The van der Waals surface area contributed by atoms with E-state index in [0.29, 0.717) is 0 Å². The van der Waals surface area contributed by atoms with Crippen molar-refractivity contribution in [2.24, 2.45) is 0 Å². The van der Waals surface area contributed by atoms with E-state index in [1.807, 2.05) is 0 Å². The zero-order chi connectivity index (χ0) is 13.3. The zero-order valence-electron chi connectivity index (χ0n) is 9.32. The van der Waals surface area contributed by atoms with E-state index in [9.17, 15) is 19.7 Å². The standard InChI is InChI=1S/C11H8N2O5/c1-12-10(14)6-9(11(12)15)18-8-4-2-7(3-5-8)13(16)17/h2-6H,1H3. The lowest BCUT2D eigenvalue weighted by atomic mass is 10.3. The Morgan fingerprint density at radius 1 is 1.22 bits per heavy atom. The number of benzene rings is 1. The van der Waals surface area contributed by atoms with Crippen molar-refractivity contribution >= 4 is 17.5 Å². The lowest BCUT2D eigenvalue weighted by Gasteiger charge is -2.07. The fourth-order valence-electron chi connectivity index (χ4n) is 1.37. The molecule has 92 valence electrons. The summed E-state index contributed by atoms with van der Waals surface area (Å²) in [5, 5.41) is 10.4. The molecule has 1 aliphatic heterocycles. The molecule has 0 spiro atoms. The Morgan fingerprint density at radius 3 is 2.28 bits per heavy atom. The van der Waals surface area contributed by atoms with Crippen molar-refractivity contribution in [2.45, 2.75) is 0 Å². The van der Waals surface area contributed by atoms with Gasteiger partial charge in [0.15, 0.2) is 5.76 Å². The molecule has 2 rings (SSSR count). The van der Waals surface area contributed by atoms with Crippen LogP contribution in [0.25, 0.3) is 0 Å². The van der Waals surface area contributed by atoms with Crippen LogP contribution in [0, 0.1) is 10.1 Å². The van der Waals surface area contributed by atoms with Crippen molar-refractivity contribution in [1.82, 2.24) is 4.90 Å². The van der Waals surface area contributed by atoms with E-state index < -0.39 is 16.7 Å². The molecule has 0 N–H and O–H groups in total. The van der Waals surface area contributed by atoms with Gasteiger partial charge in [-0.05, 0) is 12.1 Å². The van der Waals surface area contributed by atoms with Crippen LogP contribution < -0.4 is 4.74 Å². The number of amides is 2. The van der Waals surface area contributed by atoms with Crippen LogP contribution in [0.1, 0.15) is 0 Å². The first-order valence-electron chi connectivity index (χ1n) is 4.95. The van der Waals surface area contributed by atoms with Gasteiger partial charge in [0.25, 0.3) is 17.5 Å². The van der Waals surface area contributed by atoms with Gasteiger partial charge in [-0.3, -0.25) is 24.6 Å². The van der Waals surface area contributed by atoms with Crippen LogP contribution >= 0.6 is 0 Å². The van der Waals surface area contributed by atoms with Gasteiger partial charge in [-0.15, -0.1) is 0 Å². The minimum atomic E-state index is -0.543. The monoisotopic (exact) mass is 248 g/mol. The molecule has 0 saturated carbocycles. The second-order valence-corrected chi connectivity index (χ2v) is 3.56. The highest BCUT2D eigenvalue weighted by atomic mass is 16.6. The van der Waals surface area contributed by atoms with E-state index in [0.717, 1.165) is 11.0 Å². The number of non-ortho nitro benzene ring substituents is 1. The molecule has 1 aliphatic rings. The number of hydrogen-bond donors (Lipinski definition) is 0. The topological polar surface area (TPSA) is 89.8 Å². The van der Waals surface area contributed by atoms with Gasteiger partial charge in [-0.25, -0.2) is 0 Å². The number of carbonyl (C=O) groups excluding carboxylic acids is 2. The highest BCUT2D eigenvalue weighted by Gasteiger charge is 2.29. The van der Waals surface area contributed by atoms with Gasteiger partial charge in [0.1, 0.15) is 5.75 Å². The fourth-order valence-corrected chi connectivity index (χ4v) is 1.37. The molecular formula is C11H8N2O5. The summed E-state index contributed by atoms with van der Waals surface area (Å²) in [6, 6.07) is 5.21. The maximum absolute atomic E-state index is 11.5. The maximum Gasteiger partial charge on any atom is 0.296 e. The van der Waals surface area contributed by atoms with Crippen LogP contribution in [-0.4, -0.2) is 28.7 Å². The fraction of sp³-hybridized carbons (Fsp3) is 0.0909. The first kappa shape index (κ1) is 11.8. The maximum atomic E-state index is 11.5. The molecule has 2 amide bonds. The summed E-state index contributed by atoms with van der Waals surface area (Å²) < 4.78 is 5.19. The van der Waals surface area contributed by atoms with Crippen LogP contribution in [0.5, 0.6) is 5.75 Å². The van der Waals surface area contributed by atoms with Crippen molar-refractivity contribution in [3.8, 4) is 5.75 Å². The van der Waals surface area contributed by atoms with Crippen molar-refractivity contribution in [3.63, 3.8) is 0 Å². The highest BCUT2D eigenvalue weighted by molar-refractivity contribution is 6.15. The third-order valence-corrected chi connectivity index (χ3v) is 2.38. The van der Waals surface area contributed by atoms with Crippen molar-refractivity contribution < 1.29 is 19.2 Å². The number of carbonyl (C=O) groups is 2. The molecule has 0 radical (unpaired) electrons. The molecule has 7 heteroatoms. The predicted octanol–water partition coefficient (Wildman–Crippen LogP) is 0.856. The lowest BCUT2D eigenvalue weighted by molar-refractivity contribution is -0.384. The summed E-state index contributed by atoms with van der Waals surface area (Å²) in [5.41, 5.74) is -0.0812. The van der Waals surface area contributed by atoms with E-state index in [4.69, 9.17) is 4.74 Å². The molecule has 0 aliphatic carbocycles. The summed E-state index contributed by atoms with van der Waals surface area (Å²) in [4.78, 5) is 33.5. The second-order valence-electron chi connectivity index (χ2n) is 3.56. The Morgan fingerprint density at radius 2 is 1.83 bits per heavy atom. The first-order chi connectivity index (χ1) is 8.49. The SMILES string of the molecule is CN1C(=O)C=C(Oc2ccc([N+](=O)[O-])cc2)C1=O. The number of ether oxygens (including phenoxy) is 1. The molecule has 0 fully saturated rings. The van der Waals surface area contributed by atoms with Crippen molar-refractivity contribution in [3.05, 3.63) is 46.2 Å². The van der Waals surface area contributed by atoms with Gasteiger partial charge in [0, 0.05) is 19.2 Å². The first-order valence-corrected chi connectivity index (χ1v) is 4.95.